The molecule has 1 unspecified atom stereocenters. The predicted molar refractivity (Wildman–Crippen MR) is 69.5 cm³/mol. The molecule has 0 aliphatic heterocycles. The highest BCUT2D eigenvalue weighted by atomic mass is 32.2. The van der Waals surface area contributed by atoms with Crippen molar-refractivity contribution in [3.05, 3.63) is 24.5 Å². The van der Waals surface area contributed by atoms with E-state index in [0.717, 1.165) is 6.42 Å². The minimum Gasteiger partial charge on any atom is -0.345 e. The van der Waals surface area contributed by atoms with Crippen molar-refractivity contribution in [2.45, 2.75) is 24.3 Å². The molecule has 2 aromatic rings. The number of hydrogen-bond acceptors (Lipinski definition) is 4. The van der Waals surface area contributed by atoms with Gasteiger partial charge in [0.25, 0.3) is 0 Å². The molecule has 2 heterocycles. The SMILES string of the molecule is CCC(N)CNS(=O)(=O)c1c[nH]c2ncccc12. The molecule has 0 spiro atoms. The number of nitrogens with one attached hydrogen (secondary N) is 2. The van der Waals surface area contributed by atoms with Gasteiger partial charge in [-0.1, -0.05) is 6.92 Å². The Labute approximate surface area is 106 Å². The zero-order chi connectivity index (χ0) is 13.2. The lowest BCUT2D eigenvalue weighted by molar-refractivity contribution is 0.564. The fraction of sp³-hybridized carbons (Fsp3) is 0.364. The molecule has 0 aromatic carbocycles. The third-order valence-corrected chi connectivity index (χ3v) is 4.23. The summed E-state index contributed by atoms with van der Waals surface area (Å²) in [5, 5.41) is 0.579. The van der Waals surface area contributed by atoms with E-state index in [-0.39, 0.29) is 17.5 Å². The molecule has 4 N–H and O–H groups in total. The van der Waals surface area contributed by atoms with Crippen molar-refractivity contribution in [3.63, 3.8) is 0 Å². The zero-order valence-electron chi connectivity index (χ0n) is 10.1. The van der Waals surface area contributed by atoms with Gasteiger partial charge in [-0.3, -0.25) is 0 Å². The maximum Gasteiger partial charge on any atom is 0.242 e. The Hall–Kier alpha value is -1.44. The Morgan fingerprint density at radius 3 is 3.06 bits per heavy atom. The minimum absolute atomic E-state index is 0.178. The first kappa shape index (κ1) is 13.0. The van der Waals surface area contributed by atoms with Gasteiger partial charge in [0.05, 0.1) is 0 Å². The fourth-order valence-electron chi connectivity index (χ4n) is 1.59. The quantitative estimate of drug-likeness (QED) is 0.738. The van der Waals surface area contributed by atoms with Crippen LogP contribution in [0.25, 0.3) is 11.0 Å². The molecule has 1 atom stereocenters. The van der Waals surface area contributed by atoms with E-state index in [0.29, 0.717) is 11.0 Å². The first-order valence-corrected chi connectivity index (χ1v) is 7.20. The van der Waals surface area contributed by atoms with Gasteiger partial charge in [0.2, 0.25) is 10.0 Å². The highest BCUT2D eigenvalue weighted by Gasteiger charge is 2.19. The lowest BCUT2D eigenvalue weighted by Crippen LogP contribution is -2.36. The molecule has 0 fully saturated rings. The molecule has 6 nitrogen and oxygen atoms in total. The molecule has 0 amide bonds. The number of nitrogens with two attached hydrogens (primary N) is 1. The number of nitrogens with zero attached hydrogens (tertiary/aromatic N) is 1. The molecule has 0 saturated carbocycles. The second-order valence-corrected chi connectivity index (χ2v) is 5.81. The zero-order valence-corrected chi connectivity index (χ0v) is 10.9. The molecule has 0 aliphatic rings. The number of aromatic amines is 1. The van der Waals surface area contributed by atoms with Crippen LogP contribution in [-0.2, 0) is 10.0 Å². The van der Waals surface area contributed by atoms with Crippen molar-refractivity contribution in [1.29, 1.82) is 0 Å². The number of fused-ring (bicyclic) bond motifs is 1. The van der Waals surface area contributed by atoms with Gasteiger partial charge in [-0.25, -0.2) is 18.1 Å². The van der Waals surface area contributed by atoms with E-state index in [1.165, 1.54) is 6.20 Å². The smallest absolute Gasteiger partial charge is 0.242 e. The third kappa shape index (κ3) is 2.53. The maximum absolute atomic E-state index is 12.1. The van der Waals surface area contributed by atoms with Crippen molar-refractivity contribution >= 4 is 21.1 Å². The van der Waals surface area contributed by atoms with E-state index in [4.69, 9.17) is 5.73 Å². The number of sulfonamides is 1. The largest absolute Gasteiger partial charge is 0.345 e. The summed E-state index contributed by atoms with van der Waals surface area (Å²) in [4.78, 5) is 7.09. The van der Waals surface area contributed by atoms with Crippen molar-refractivity contribution in [2.24, 2.45) is 5.73 Å². The van der Waals surface area contributed by atoms with Crippen LogP contribution in [0, 0.1) is 0 Å². The molecular weight excluding hydrogens is 252 g/mol. The Kier molecular flexibility index (Phi) is 3.65. The van der Waals surface area contributed by atoms with Crippen LogP contribution in [0.15, 0.2) is 29.4 Å². The molecule has 0 bridgehead atoms. The molecule has 0 radical (unpaired) electrons. The van der Waals surface area contributed by atoms with E-state index in [2.05, 4.69) is 14.7 Å². The monoisotopic (exact) mass is 268 g/mol. The van der Waals surface area contributed by atoms with E-state index < -0.39 is 10.0 Å². The fourth-order valence-corrected chi connectivity index (χ4v) is 2.85. The van der Waals surface area contributed by atoms with Gasteiger partial charge in [-0.15, -0.1) is 0 Å². The van der Waals surface area contributed by atoms with E-state index in [1.54, 1.807) is 18.3 Å². The molecule has 18 heavy (non-hydrogen) atoms. The van der Waals surface area contributed by atoms with Crippen LogP contribution in [-0.4, -0.2) is 31.0 Å². The van der Waals surface area contributed by atoms with Gasteiger partial charge in [-0.2, -0.15) is 0 Å². The second kappa shape index (κ2) is 5.05. The molecule has 7 heteroatoms. The van der Waals surface area contributed by atoms with Crippen LogP contribution in [0.4, 0.5) is 0 Å². The molecule has 0 saturated heterocycles. The van der Waals surface area contributed by atoms with Crippen LogP contribution in [0.5, 0.6) is 0 Å². The maximum atomic E-state index is 12.1. The minimum atomic E-state index is -3.55. The average Bonchev–Trinajstić information content (AvgIpc) is 2.80. The molecular formula is C11H16N4O2S. The molecule has 2 aromatic heterocycles. The third-order valence-electron chi connectivity index (χ3n) is 2.76. The lowest BCUT2D eigenvalue weighted by Gasteiger charge is -2.10. The van der Waals surface area contributed by atoms with Crippen LogP contribution in [0.3, 0.4) is 0 Å². The highest BCUT2D eigenvalue weighted by Crippen LogP contribution is 2.20. The average molecular weight is 268 g/mol. The van der Waals surface area contributed by atoms with Gasteiger partial charge in [0, 0.05) is 30.4 Å². The van der Waals surface area contributed by atoms with Crippen LogP contribution < -0.4 is 10.5 Å². The summed E-state index contributed by atoms with van der Waals surface area (Å²) in [7, 11) is -3.55. The van der Waals surface area contributed by atoms with Crippen molar-refractivity contribution in [3.8, 4) is 0 Å². The van der Waals surface area contributed by atoms with Crippen molar-refractivity contribution in [2.75, 3.05) is 6.54 Å². The van der Waals surface area contributed by atoms with E-state index in [9.17, 15) is 8.42 Å². The van der Waals surface area contributed by atoms with Gasteiger partial charge in [-0.05, 0) is 18.6 Å². The first-order valence-electron chi connectivity index (χ1n) is 5.72. The van der Waals surface area contributed by atoms with Gasteiger partial charge < -0.3 is 10.7 Å². The van der Waals surface area contributed by atoms with E-state index in [1.807, 2.05) is 6.92 Å². The predicted octanol–water partition coefficient (Wildman–Crippen LogP) is 0.579. The Morgan fingerprint density at radius 1 is 1.56 bits per heavy atom. The van der Waals surface area contributed by atoms with Gasteiger partial charge in [0.1, 0.15) is 10.5 Å². The number of pyridine rings is 1. The summed E-state index contributed by atoms with van der Waals surface area (Å²) >= 11 is 0. The lowest BCUT2D eigenvalue weighted by atomic mass is 10.2. The van der Waals surface area contributed by atoms with Gasteiger partial charge in [0.15, 0.2) is 0 Å². The molecule has 0 aliphatic carbocycles. The first-order chi connectivity index (χ1) is 8.54. The standard InChI is InChI=1S/C11H16N4O2S/c1-2-8(12)6-15-18(16,17)10-7-14-11-9(10)4-3-5-13-11/h3-5,7-8,15H,2,6,12H2,1H3,(H,13,14). The second-order valence-electron chi connectivity index (χ2n) is 4.07. The normalized spacial score (nSPS) is 13.9. The number of hydrogen-bond donors (Lipinski definition) is 3. The summed E-state index contributed by atoms with van der Waals surface area (Å²) in [6, 6.07) is 3.24. The highest BCUT2D eigenvalue weighted by molar-refractivity contribution is 7.89. The summed E-state index contributed by atoms with van der Waals surface area (Å²) in [5.41, 5.74) is 6.25. The Balaban J connectivity index is 2.30. The van der Waals surface area contributed by atoms with Crippen LogP contribution in [0.1, 0.15) is 13.3 Å². The Morgan fingerprint density at radius 2 is 2.33 bits per heavy atom. The van der Waals surface area contributed by atoms with Crippen molar-refractivity contribution in [1.82, 2.24) is 14.7 Å². The number of H-pyrrole nitrogens is 1. The van der Waals surface area contributed by atoms with Crippen LogP contribution >= 0.6 is 0 Å². The van der Waals surface area contributed by atoms with E-state index >= 15 is 0 Å². The Bertz CT molecular complexity index is 635. The summed E-state index contributed by atoms with van der Waals surface area (Å²) in [6.45, 7) is 2.14. The molecule has 2 rings (SSSR count). The topological polar surface area (TPSA) is 101 Å². The number of aromatic nitrogens is 2. The number of rotatable bonds is 5. The van der Waals surface area contributed by atoms with Crippen molar-refractivity contribution < 1.29 is 8.42 Å². The van der Waals surface area contributed by atoms with Gasteiger partial charge >= 0.3 is 0 Å². The summed E-state index contributed by atoms with van der Waals surface area (Å²) in [6.07, 6.45) is 3.77. The summed E-state index contributed by atoms with van der Waals surface area (Å²) in [5.74, 6) is 0. The molecule has 98 valence electrons. The van der Waals surface area contributed by atoms with Crippen LogP contribution in [0.2, 0.25) is 0 Å². The summed E-state index contributed by atoms with van der Waals surface area (Å²) < 4.78 is 26.7.